The van der Waals surface area contributed by atoms with Crippen molar-refractivity contribution in [2.75, 3.05) is 12.5 Å². The summed E-state index contributed by atoms with van der Waals surface area (Å²) >= 11 is 3.17. The Hall–Kier alpha value is -0.750. The van der Waals surface area contributed by atoms with Gasteiger partial charge in [-0.05, 0) is 19.4 Å². The van der Waals surface area contributed by atoms with Crippen LogP contribution in [0.1, 0.15) is 5.69 Å². The fourth-order valence-corrected chi connectivity index (χ4v) is 2.38. The van der Waals surface area contributed by atoms with Crippen molar-refractivity contribution in [2.24, 2.45) is 7.05 Å². The Morgan fingerprint density at radius 2 is 1.80 bits per heavy atom. The molecule has 0 atom stereocenters. The second kappa shape index (κ2) is 4.02. The molecule has 15 heavy (non-hydrogen) atoms. The van der Waals surface area contributed by atoms with Crippen LogP contribution in [0.2, 0.25) is 0 Å². The maximum atomic E-state index is 4.50. The van der Waals surface area contributed by atoms with Crippen LogP contribution >= 0.6 is 23.5 Å². The lowest BCUT2D eigenvalue weighted by atomic mass is 10.4. The van der Waals surface area contributed by atoms with Gasteiger partial charge in [0.2, 0.25) is 0 Å². The normalized spacial score (nSPS) is 11.2. The van der Waals surface area contributed by atoms with Gasteiger partial charge in [0.25, 0.3) is 0 Å². The maximum Gasteiger partial charge on any atom is 0.189 e. The molecular formula is C9H12N4S2. The minimum absolute atomic E-state index is 0.802. The molecule has 0 N–H and O–H groups in total. The minimum Gasteiger partial charge on any atom is -0.307 e. The highest BCUT2D eigenvalue weighted by atomic mass is 32.2. The van der Waals surface area contributed by atoms with Gasteiger partial charge in [0.1, 0.15) is 5.52 Å². The molecule has 2 aromatic heterocycles. The topological polar surface area (TPSA) is 43.6 Å². The van der Waals surface area contributed by atoms with Crippen LogP contribution in [0.15, 0.2) is 10.3 Å². The molecular weight excluding hydrogens is 228 g/mol. The van der Waals surface area contributed by atoms with Gasteiger partial charge in [-0.2, -0.15) is 0 Å². The molecule has 0 radical (unpaired) electrons. The number of aryl methyl sites for hydroxylation is 2. The van der Waals surface area contributed by atoms with Crippen LogP contribution in [-0.4, -0.2) is 32.0 Å². The fraction of sp³-hybridized carbons (Fsp3) is 0.444. The van der Waals surface area contributed by atoms with Crippen LogP contribution in [0.4, 0.5) is 0 Å². The van der Waals surface area contributed by atoms with Gasteiger partial charge < -0.3 is 4.57 Å². The third-order valence-corrected chi connectivity index (χ3v) is 3.47. The van der Waals surface area contributed by atoms with E-state index in [1.54, 1.807) is 23.5 Å². The average Bonchev–Trinajstić information content (AvgIpc) is 2.56. The summed E-state index contributed by atoms with van der Waals surface area (Å²) in [5.74, 6) is 0. The third kappa shape index (κ3) is 1.72. The monoisotopic (exact) mass is 240 g/mol. The molecule has 4 nitrogen and oxygen atoms in total. The summed E-state index contributed by atoms with van der Waals surface area (Å²) in [6.07, 6.45) is 3.99. The van der Waals surface area contributed by atoms with E-state index in [1.807, 2.05) is 31.1 Å². The zero-order valence-corrected chi connectivity index (χ0v) is 10.7. The summed E-state index contributed by atoms with van der Waals surface area (Å²) in [4.78, 5) is 13.3. The Bertz CT molecular complexity index is 506. The van der Waals surface area contributed by atoms with Gasteiger partial charge in [-0.25, -0.2) is 15.0 Å². The molecule has 0 aromatic carbocycles. The molecule has 0 aliphatic rings. The van der Waals surface area contributed by atoms with Crippen LogP contribution in [0.3, 0.4) is 0 Å². The Labute approximate surface area is 96.9 Å². The van der Waals surface area contributed by atoms with Crippen LogP contribution < -0.4 is 0 Å². The van der Waals surface area contributed by atoms with Crippen molar-refractivity contribution in [1.82, 2.24) is 19.5 Å². The smallest absolute Gasteiger partial charge is 0.189 e. The van der Waals surface area contributed by atoms with Crippen molar-refractivity contribution < 1.29 is 0 Å². The zero-order valence-electron chi connectivity index (χ0n) is 9.11. The van der Waals surface area contributed by atoms with Gasteiger partial charge in [0.05, 0.1) is 5.69 Å². The first-order valence-electron chi connectivity index (χ1n) is 4.46. The molecule has 2 rings (SSSR count). The van der Waals surface area contributed by atoms with Gasteiger partial charge in [-0.1, -0.05) is 23.5 Å². The molecule has 0 aliphatic heterocycles. The molecule has 0 saturated carbocycles. The first kappa shape index (κ1) is 10.8. The number of rotatable bonds is 2. The highest BCUT2D eigenvalue weighted by Crippen LogP contribution is 2.23. The van der Waals surface area contributed by atoms with Crippen LogP contribution in [-0.2, 0) is 7.05 Å². The highest BCUT2D eigenvalue weighted by Gasteiger charge is 2.12. The maximum absolute atomic E-state index is 4.50. The van der Waals surface area contributed by atoms with Gasteiger partial charge in [0, 0.05) is 7.05 Å². The van der Waals surface area contributed by atoms with Crippen LogP contribution in [0.25, 0.3) is 11.2 Å². The number of aromatic nitrogens is 4. The SMILES string of the molecule is CSc1nc(C)c2nc(SC)n(C)c2n1. The van der Waals surface area contributed by atoms with E-state index in [4.69, 9.17) is 0 Å². The van der Waals surface area contributed by atoms with Crippen molar-refractivity contribution in [1.29, 1.82) is 0 Å². The lowest BCUT2D eigenvalue weighted by Gasteiger charge is -2.00. The van der Waals surface area contributed by atoms with Crippen molar-refractivity contribution in [3.63, 3.8) is 0 Å². The molecule has 80 valence electrons. The van der Waals surface area contributed by atoms with Gasteiger partial charge in [-0.3, -0.25) is 0 Å². The molecule has 0 spiro atoms. The van der Waals surface area contributed by atoms with E-state index in [0.717, 1.165) is 27.2 Å². The Kier molecular flexibility index (Phi) is 2.88. The summed E-state index contributed by atoms with van der Waals surface area (Å²) in [6.45, 7) is 1.97. The van der Waals surface area contributed by atoms with Gasteiger partial charge in [0.15, 0.2) is 16.0 Å². The molecule has 2 heterocycles. The Morgan fingerprint density at radius 1 is 1.07 bits per heavy atom. The quantitative estimate of drug-likeness (QED) is 0.594. The molecule has 0 fully saturated rings. The van der Waals surface area contributed by atoms with Crippen LogP contribution in [0.5, 0.6) is 0 Å². The van der Waals surface area contributed by atoms with E-state index in [1.165, 1.54) is 0 Å². The second-order valence-corrected chi connectivity index (χ2v) is 4.67. The molecule has 0 bridgehead atoms. The Balaban J connectivity index is 2.77. The summed E-state index contributed by atoms with van der Waals surface area (Å²) in [5, 5.41) is 1.77. The van der Waals surface area contributed by atoms with Crippen molar-refractivity contribution >= 4 is 34.7 Å². The standard InChI is InChI=1S/C9H12N4S2/c1-5-6-7(12-8(10-5)14-3)13(2)9(11-6)15-4/h1-4H3. The van der Waals surface area contributed by atoms with Crippen molar-refractivity contribution in [3.05, 3.63) is 5.69 Å². The number of thioether (sulfide) groups is 2. The van der Waals surface area contributed by atoms with E-state index in [-0.39, 0.29) is 0 Å². The summed E-state index contributed by atoms with van der Waals surface area (Å²) in [5.41, 5.74) is 2.76. The summed E-state index contributed by atoms with van der Waals surface area (Å²) < 4.78 is 2.01. The number of hydrogen-bond donors (Lipinski definition) is 0. The lowest BCUT2D eigenvalue weighted by molar-refractivity contribution is 0.800. The average molecular weight is 240 g/mol. The molecule has 0 aliphatic carbocycles. The zero-order chi connectivity index (χ0) is 11.0. The molecule has 2 aromatic rings. The minimum atomic E-state index is 0.802. The van der Waals surface area contributed by atoms with Crippen molar-refractivity contribution in [3.8, 4) is 0 Å². The van der Waals surface area contributed by atoms with Crippen LogP contribution in [0, 0.1) is 6.92 Å². The predicted molar refractivity (Wildman–Crippen MR) is 64.6 cm³/mol. The van der Waals surface area contributed by atoms with E-state index in [9.17, 15) is 0 Å². The number of nitrogens with zero attached hydrogens (tertiary/aromatic N) is 4. The highest BCUT2D eigenvalue weighted by molar-refractivity contribution is 7.98. The summed E-state index contributed by atoms with van der Waals surface area (Å²) in [7, 11) is 1.98. The number of hydrogen-bond acceptors (Lipinski definition) is 5. The number of fused-ring (bicyclic) bond motifs is 1. The lowest BCUT2D eigenvalue weighted by Crippen LogP contribution is -1.95. The Morgan fingerprint density at radius 3 is 2.40 bits per heavy atom. The van der Waals surface area contributed by atoms with Gasteiger partial charge >= 0.3 is 0 Å². The van der Waals surface area contributed by atoms with E-state index in [0.29, 0.717) is 0 Å². The number of imidazole rings is 1. The molecule has 0 saturated heterocycles. The first-order valence-corrected chi connectivity index (χ1v) is 6.91. The van der Waals surface area contributed by atoms with Gasteiger partial charge in [-0.15, -0.1) is 0 Å². The first-order chi connectivity index (χ1) is 7.17. The fourth-order valence-electron chi connectivity index (χ4n) is 1.43. The summed E-state index contributed by atoms with van der Waals surface area (Å²) in [6, 6.07) is 0. The van der Waals surface area contributed by atoms with E-state index < -0.39 is 0 Å². The molecule has 0 unspecified atom stereocenters. The predicted octanol–water partition coefficient (Wildman–Crippen LogP) is 2.12. The largest absolute Gasteiger partial charge is 0.307 e. The molecule has 0 amide bonds. The third-order valence-electron chi connectivity index (χ3n) is 2.20. The van der Waals surface area contributed by atoms with E-state index in [2.05, 4.69) is 15.0 Å². The van der Waals surface area contributed by atoms with E-state index >= 15 is 0 Å². The molecule has 6 heteroatoms. The van der Waals surface area contributed by atoms with Crippen molar-refractivity contribution in [2.45, 2.75) is 17.2 Å². The second-order valence-electron chi connectivity index (χ2n) is 3.13.